The lowest BCUT2D eigenvalue weighted by Crippen LogP contribution is -2.30. The number of amides is 1. The Kier molecular flexibility index (Phi) is 6.22. The predicted molar refractivity (Wildman–Crippen MR) is 77.6 cm³/mol. The highest BCUT2D eigenvalue weighted by atomic mass is 127. The van der Waals surface area contributed by atoms with Gasteiger partial charge in [0.25, 0.3) is 5.91 Å². The van der Waals surface area contributed by atoms with Crippen molar-refractivity contribution >= 4 is 40.1 Å². The molecular weight excluding hydrogens is 352 g/mol. The van der Waals surface area contributed by atoms with Gasteiger partial charge in [0.2, 0.25) is 0 Å². The van der Waals surface area contributed by atoms with E-state index in [-0.39, 0.29) is 5.91 Å². The molecule has 0 aliphatic carbocycles. The smallest absolute Gasteiger partial charge is 0.254 e. The first kappa shape index (κ1) is 14.7. The van der Waals surface area contributed by atoms with Crippen molar-refractivity contribution < 1.29 is 9.53 Å². The first-order valence-corrected chi connectivity index (χ1v) is 6.80. The highest BCUT2D eigenvalue weighted by molar-refractivity contribution is 14.1. The fourth-order valence-corrected chi connectivity index (χ4v) is 2.05. The van der Waals surface area contributed by atoms with Gasteiger partial charge in [0.1, 0.15) is 0 Å². The lowest BCUT2D eigenvalue weighted by Gasteiger charge is -2.17. The molecule has 1 rings (SSSR count). The molecule has 0 radical (unpaired) electrons. The topological polar surface area (TPSA) is 29.5 Å². The van der Waals surface area contributed by atoms with Crippen LogP contribution in [0.1, 0.15) is 17.3 Å². The van der Waals surface area contributed by atoms with Crippen molar-refractivity contribution in [2.24, 2.45) is 0 Å². The quantitative estimate of drug-likeness (QED) is 0.591. The maximum atomic E-state index is 12.1. The van der Waals surface area contributed by atoms with Gasteiger partial charge in [-0.15, -0.1) is 0 Å². The number of carbonyl (C=O) groups excluding carboxylic acids is 1. The van der Waals surface area contributed by atoms with Gasteiger partial charge in [-0.25, -0.2) is 0 Å². The van der Waals surface area contributed by atoms with Crippen molar-refractivity contribution in [3.63, 3.8) is 0 Å². The van der Waals surface area contributed by atoms with Gasteiger partial charge in [-0.05, 0) is 47.7 Å². The van der Waals surface area contributed by atoms with Crippen molar-refractivity contribution in [3.8, 4) is 0 Å². The molecular formula is C12H15ClINO2. The number of likely N-dealkylation sites (N-methyl/N-ethyl adjacent to an activating group) is 1. The second kappa shape index (κ2) is 7.18. The highest BCUT2D eigenvalue weighted by Crippen LogP contribution is 2.19. The third-order valence-electron chi connectivity index (χ3n) is 2.28. The molecule has 5 heteroatoms. The summed E-state index contributed by atoms with van der Waals surface area (Å²) in [6.07, 6.45) is 0. The Morgan fingerprint density at radius 1 is 1.53 bits per heavy atom. The minimum Gasteiger partial charge on any atom is -0.380 e. The molecule has 17 heavy (non-hydrogen) atoms. The number of benzene rings is 1. The third kappa shape index (κ3) is 4.44. The third-order valence-corrected chi connectivity index (χ3v) is 3.46. The van der Waals surface area contributed by atoms with Gasteiger partial charge in [-0.3, -0.25) is 4.79 Å². The van der Waals surface area contributed by atoms with Crippen LogP contribution in [-0.2, 0) is 4.74 Å². The maximum Gasteiger partial charge on any atom is 0.254 e. The molecule has 0 aliphatic rings. The van der Waals surface area contributed by atoms with E-state index in [9.17, 15) is 4.79 Å². The van der Waals surface area contributed by atoms with Crippen molar-refractivity contribution in [2.75, 3.05) is 26.8 Å². The molecule has 0 bridgehead atoms. The molecule has 0 aliphatic heterocycles. The van der Waals surface area contributed by atoms with E-state index in [1.54, 1.807) is 24.1 Å². The molecule has 1 aromatic carbocycles. The number of hydrogen-bond donors (Lipinski definition) is 0. The second-order valence-corrected chi connectivity index (χ2v) is 5.15. The van der Waals surface area contributed by atoms with Crippen molar-refractivity contribution in [1.29, 1.82) is 0 Å². The Hall–Kier alpha value is -0.330. The Morgan fingerprint density at radius 2 is 2.24 bits per heavy atom. The van der Waals surface area contributed by atoms with Crippen LogP contribution in [0.5, 0.6) is 0 Å². The zero-order valence-electron chi connectivity index (χ0n) is 9.87. The molecule has 0 spiro atoms. The van der Waals surface area contributed by atoms with Crippen LogP contribution in [-0.4, -0.2) is 37.6 Å². The minimum atomic E-state index is -0.0309. The van der Waals surface area contributed by atoms with Gasteiger partial charge in [0.05, 0.1) is 12.2 Å². The summed E-state index contributed by atoms with van der Waals surface area (Å²) < 4.78 is 6.13. The van der Waals surface area contributed by atoms with E-state index >= 15 is 0 Å². The van der Waals surface area contributed by atoms with Gasteiger partial charge in [-0.2, -0.15) is 0 Å². The first-order chi connectivity index (χ1) is 8.06. The van der Waals surface area contributed by atoms with E-state index in [1.165, 1.54) is 0 Å². The van der Waals surface area contributed by atoms with Crippen molar-refractivity contribution in [1.82, 2.24) is 4.90 Å². The Bertz CT molecular complexity index is 398. The molecule has 0 unspecified atom stereocenters. The van der Waals surface area contributed by atoms with E-state index in [4.69, 9.17) is 16.3 Å². The summed E-state index contributed by atoms with van der Waals surface area (Å²) in [5.74, 6) is -0.0309. The predicted octanol–water partition coefficient (Wildman–Crippen LogP) is 3.05. The molecule has 0 fully saturated rings. The average Bonchev–Trinajstić information content (AvgIpc) is 2.31. The van der Waals surface area contributed by atoms with E-state index in [1.807, 2.05) is 13.0 Å². The van der Waals surface area contributed by atoms with E-state index in [0.29, 0.717) is 30.3 Å². The number of carbonyl (C=O) groups is 1. The van der Waals surface area contributed by atoms with E-state index < -0.39 is 0 Å². The molecule has 3 nitrogen and oxygen atoms in total. The summed E-state index contributed by atoms with van der Waals surface area (Å²) in [5, 5.41) is 0.576. The van der Waals surface area contributed by atoms with Crippen LogP contribution >= 0.6 is 34.2 Å². The summed E-state index contributed by atoms with van der Waals surface area (Å²) >= 11 is 8.03. The number of halogens is 2. The summed E-state index contributed by atoms with van der Waals surface area (Å²) in [7, 11) is 1.76. The molecule has 1 amide bonds. The normalized spacial score (nSPS) is 10.4. The lowest BCUT2D eigenvalue weighted by molar-refractivity contribution is 0.0709. The summed E-state index contributed by atoms with van der Waals surface area (Å²) in [4.78, 5) is 13.8. The molecule has 0 saturated heterocycles. The van der Waals surface area contributed by atoms with Gasteiger partial charge in [0, 0.05) is 28.8 Å². The summed E-state index contributed by atoms with van der Waals surface area (Å²) in [6, 6.07) is 5.32. The molecule has 0 N–H and O–H groups in total. The van der Waals surface area contributed by atoms with Crippen molar-refractivity contribution in [2.45, 2.75) is 6.92 Å². The molecule has 1 aromatic rings. The van der Waals surface area contributed by atoms with Crippen LogP contribution in [0.15, 0.2) is 18.2 Å². The van der Waals surface area contributed by atoms with Crippen molar-refractivity contribution in [3.05, 3.63) is 32.4 Å². The number of ether oxygens (including phenoxy) is 1. The van der Waals surface area contributed by atoms with Crippen LogP contribution in [0.25, 0.3) is 0 Å². The van der Waals surface area contributed by atoms with Gasteiger partial charge in [-0.1, -0.05) is 11.6 Å². The second-order valence-electron chi connectivity index (χ2n) is 3.55. The highest BCUT2D eigenvalue weighted by Gasteiger charge is 2.14. The zero-order chi connectivity index (χ0) is 12.8. The average molecular weight is 368 g/mol. The van der Waals surface area contributed by atoms with Gasteiger partial charge in [0.15, 0.2) is 0 Å². The molecule has 0 heterocycles. The first-order valence-electron chi connectivity index (χ1n) is 5.34. The fourth-order valence-electron chi connectivity index (χ4n) is 1.31. The SMILES string of the molecule is CCOCCN(C)C(=O)c1cc(Cl)ccc1I. The fraction of sp³-hybridized carbons (Fsp3) is 0.417. The molecule has 0 atom stereocenters. The lowest BCUT2D eigenvalue weighted by atomic mass is 10.2. The van der Waals surface area contributed by atoms with Crippen LogP contribution in [0.4, 0.5) is 0 Å². The van der Waals surface area contributed by atoms with Gasteiger partial charge >= 0.3 is 0 Å². The van der Waals surface area contributed by atoms with Crippen LogP contribution in [0, 0.1) is 3.57 Å². The Morgan fingerprint density at radius 3 is 2.88 bits per heavy atom. The minimum absolute atomic E-state index is 0.0309. The molecule has 0 aromatic heterocycles. The number of rotatable bonds is 5. The molecule has 94 valence electrons. The number of hydrogen-bond acceptors (Lipinski definition) is 2. The summed E-state index contributed by atoms with van der Waals surface area (Å²) in [5.41, 5.74) is 0.636. The molecule has 0 saturated carbocycles. The van der Waals surface area contributed by atoms with Crippen LogP contribution < -0.4 is 0 Å². The standard InChI is InChI=1S/C12H15ClINO2/c1-3-17-7-6-15(2)12(16)10-8-9(13)4-5-11(10)14/h4-5,8H,3,6-7H2,1-2H3. The van der Waals surface area contributed by atoms with Crippen LogP contribution in [0.2, 0.25) is 5.02 Å². The Labute approximate surface area is 120 Å². The number of nitrogens with zero attached hydrogens (tertiary/aromatic N) is 1. The Balaban J connectivity index is 2.71. The van der Waals surface area contributed by atoms with Crippen LogP contribution in [0.3, 0.4) is 0 Å². The van der Waals surface area contributed by atoms with E-state index in [0.717, 1.165) is 3.57 Å². The zero-order valence-corrected chi connectivity index (χ0v) is 12.8. The summed E-state index contributed by atoms with van der Waals surface area (Å²) in [6.45, 7) is 3.73. The monoisotopic (exact) mass is 367 g/mol. The maximum absolute atomic E-state index is 12.1. The van der Waals surface area contributed by atoms with E-state index in [2.05, 4.69) is 22.6 Å². The largest absolute Gasteiger partial charge is 0.380 e. The van der Waals surface area contributed by atoms with Gasteiger partial charge < -0.3 is 9.64 Å².